The Labute approximate surface area is 314 Å². The molecule has 4 heterocycles. The molecule has 0 fully saturated rings. The van der Waals surface area contributed by atoms with E-state index in [2.05, 4.69) is 11.4 Å². The molecule has 0 aliphatic carbocycles. The Balaban J connectivity index is 1.04. The number of amides is 2. The standard InChI is InChI=1S/C43H42N4O7/c1-5-25(2)37(48)14-26(23-53-40-19-33-31(17-38(40)51-3)42(49)46-29(21-44-33)15-27-10-6-8-12-35(27)46)24-54-41-20-34-32(18-39(41)52-4)43(50)47-30(22-45-34)16-28-11-7-9-13-36(28)47/h6-14,17-21,25,29-30,45H,5,15-16,22-24H2,1-4H3/b26-14-/t25?,29-,30-/m0/s1. The quantitative estimate of drug-likeness (QED) is 0.165. The van der Waals surface area contributed by atoms with Crippen molar-refractivity contribution in [3.8, 4) is 23.0 Å². The minimum Gasteiger partial charge on any atom is -0.493 e. The molecular formula is C43H42N4O7. The number of methoxy groups -OCH3 is 2. The molecule has 4 aliphatic rings. The van der Waals surface area contributed by atoms with Crippen LogP contribution in [0.25, 0.3) is 0 Å². The summed E-state index contributed by atoms with van der Waals surface area (Å²) in [5.41, 5.74) is 6.66. The lowest BCUT2D eigenvalue weighted by Gasteiger charge is -2.23. The first kappa shape index (κ1) is 35.0. The summed E-state index contributed by atoms with van der Waals surface area (Å²) in [6, 6.07) is 22.5. The molecule has 2 amide bonds. The van der Waals surface area contributed by atoms with Gasteiger partial charge in [0.1, 0.15) is 13.2 Å². The van der Waals surface area contributed by atoms with E-state index in [0.29, 0.717) is 70.5 Å². The summed E-state index contributed by atoms with van der Waals surface area (Å²) < 4.78 is 24.1. The molecular weight excluding hydrogens is 684 g/mol. The van der Waals surface area contributed by atoms with E-state index in [1.807, 2.05) is 67.4 Å². The number of allylic oxidation sites excluding steroid dienone is 1. The van der Waals surface area contributed by atoms with Gasteiger partial charge in [0.15, 0.2) is 28.8 Å². The zero-order valence-electron chi connectivity index (χ0n) is 30.8. The first-order valence-electron chi connectivity index (χ1n) is 18.3. The molecule has 54 heavy (non-hydrogen) atoms. The zero-order valence-corrected chi connectivity index (χ0v) is 30.8. The van der Waals surface area contributed by atoms with Crippen LogP contribution in [-0.4, -0.2) is 69.9 Å². The molecule has 8 rings (SSSR count). The van der Waals surface area contributed by atoms with Crippen molar-refractivity contribution in [2.24, 2.45) is 10.9 Å². The van der Waals surface area contributed by atoms with E-state index in [4.69, 9.17) is 23.9 Å². The number of aliphatic imine (C=N–C) groups is 1. The average molecular weight is 727 g/mol. The van der Waals surface area contributed by atoms with Gasteiger partial charge in [-0.05, 0) is 54.3 Å². The first-order chi connectivity index (χ1) is 26.3. The topological polar surface area (TPSA) is 119 Å². The van der Waals surface area contributed by atoms with Gasteiger partial charge in [-0.25, -0.2) is 0 Å². The van der Waals surface area contributed by atoms with Gasteiger partial charge in [-0.15, -0.1) is 0 Å². The number of hydrogen-bond acceptors (Lipinski definition) is 9. The molecule has 1 N–H and O–H groups in total. The van der Waals surface area contributed by atoms with Crippen molar-refractivity contribution in [3.63, 3.8) is 0 Å². The summed E-state index contributed by atoms with van der Waals surface area (Å²) in [4.78, 5) is 49.4. The summed E-state index contributed by atoms with van der Waals surface area (Å²) in [7, 11) is 3.05. The zero-order chi connectivity index (χ0) is 37.5. The molecule has 0 radical (unpaired) electrons. The van der Waals surface area contributed by atoms with Gasteiger partial charge in [-0.2, -0.15) is 0 Å². The van der Waals surface area contributed by atoms with Crippen molar-refractivity contribution in [1.29, 1.82) is 0 Å². The number of hydrogen-bond donors (Lipinski definition) is 1. The molecule has 3 atom stereocenters. The smallest absolute Gasteiger partial charge is 0.261 e. The Bertz CT molecular complexity index is 2230. The predicted molar refractivity (Wildman–Crippen MR) is 208 cm³/mol. The SMILES string of the molecule is CCC(C)C(=O)/C=C(/COc1cc2c(cc1OC)C(=O)N1c3ccccc3C[C@H]1C=N2)COc1cc2c(cc1OC)C(=O)N1c3ccccc3C[C@H]1CN2. The van der Waals surface area contributed by atoms with E-state index in [-0.39, 0.29) is 48.8 Å². The number of ketones is 1. The van der Waals surface area contributed by atoms with E-state index < -0.39 is 0 Å². The van der Waals surface area contributed by atoms with Crippen LogP contribution in [0.3, 0.4) is 0 Å². The number of nitrogens with one attached hydrogen (secondary N) is 1. The lowest BCUT2D eigenvalue weighted by atomic mass is 10.0. The van der Waals surface area contributed by atoms with Crippen molar-refractivity contribution in [2.75, 3.05) is 49.1 Å². The normalized spacial score (nSPS) is 18.6. The van der Waals surface area contributed by atoms with Crippen LogP contribution < -0.4 is 34.1 Å². The maximum atomic E-state index is 13.9. The molecule has 276 valence electrons. The van der Waals surface area contributed by atoms with Crippen LogP contribution in [0.2, 0.25) is 0 Å². The average Bonchev–Trinajstić information content (AvgIpc) is 3.69. The Hall–Kier alpha value is -6.10. The predicted octanol–water partition coefficient (Wildman–Crippen LogP) is 6.99. The highest BCUT2D eigenvalue weighted by molar-refractivity contribution is 6.15. The van der Waals surface area contributed by atoms with Crippen LogP contribution in [0.5, 0.6) is 23.0 Å². The molecule has 0 saturated carbocycles. The minimum atomic E-state index is -0.196. The molecule has 0 aromatic heterocycles. The highest BCUT2D eigenvalue weighted by atomic mass is 16.5. The number of nitrogens with zero attached hydrogens (tertiary/aromatic N) is 3. The summed E-state index contributed by atoms with van der Waals surface area (Å²) in [6.07, 6.45) is 5.52. The molecule has 4 aromatic carbocycles. The van der Waals surface area contributed by atoms with E-state index in [1.54, 1.807) is 35.2 Å². The Kier molecular flexibility index (Phi) is 9.31. The van der Waals surface area contributed by atoms with Crippen molar-refractivity contribution in [1.82, 2.24) is 0 Å². The maximum Gasteiger partial charge on any atom is 0.261 e. The van der Waals surface area contributed by atoms with Gasteiger partial charge in [-0.3, -0.25) is 24.3 Å². The molecule has 4 aromatic rings. The fourth-order valence-corrected chi connectivity index (χ4v) is 7.61. The Morgan fingerprint density at radius 3 is 2.13 bits per heavy atom. The molecule has 0 bridgehead atoms. The number of fused-ring (bicyclic) bond motifs is 8. The maximum absolute atomic E-state index is 13.9. The van der Waals surface area contributed by atoms with E-state index in [1.165, 1.54) is 14.2 Å². The summed E-state index contributed by atoms with van der Waals surface area (Å²) >= 11 is 0. The van der Waals surface area contributed by atoms with Crippen molar-refractivity contribution < 1.29 is 33.3 Å². The van der Waals surface area contributed by atoms with E-state index in [0.717, 1.165) is 28.9 Å². The number of para-hydroxylation sites is 2. The van der Waals surface area contributed by atoms with Gasteiger partial charge in [-0.1, -0.05) is 50.2 Å². The Morgan fingerprint density at radius 2 is 1.44 bits per heavy atom. The molecule has 4 aliphatic heterocycles. The van der Waals surface area contributed by atoms with Crippen molar-refractivity contribution >= 4 is 46.6 Å². The van der Waals surface area contributed by atoms with Crippen LogP contribution >= 0.6 is 0 Å². The third kappa shape index (κ3) is 6.23. The van der Waals surface area contributed by atoms with Gasteiger partial charge in [0.25, 0.3) is 11.8 Å². The highest BCUT2D eigenvalue weighted by Crippen LogP contribution is 2.42. The summed E-state index contributed by atoms with van der Waals surface area (Å²) in [5, 5.41) is 3.46. The fourth-order valence-electron chi connectivity index (χ4n) is 7.61. The number of carbonyl (C=O) groups is 3. The van der Waals surface area contributed by atoms with Crippen LogP contribution in [0.1, 0.15) is 52.1 Å². The largest absolute Gasteiger partial charge is 0.493 e. The van der Waals surface area contributed by atoms with Crippen LogP contribution in [0.15, 0.2) is 89.4 Å². The van der Waals surface area contributed by atoms with Gasteiger partial charge in [0.05, 0.1) is 48.8 Å². The van der Waals surface area contributed by atoms with Crippen LogP contribution in [-0.2, 0) is 17.6 Å². The second-order valence-corrected chi connectivity index (χ2v) is 14.1. The molecule has 0 spiro atoms. The second-order valence-electron chi connectivity index (χ2n) is 14.1. The lowest BCUT2D eigenvalue weighted by Crippen LogP contribution is -2.39. The van der Waals surface area contributed by atoms with Crippen LogP contribution in [0.4, 0.5) is 22.7 Å². The van der Waals surface area contributed by atoms with Crippen LogP contribution in [0, 0.1) is 5.92 Å². The molecule has 11 heteroatoms. The fraction of sp³-hybridized carbons (Fsp3) is 0.302. The molecule has 11 nitrogen and oxygen atoms in total. The van der Waals surface area contributed by atoms with E-state index in [9.17, 15) is 14.4 Å². The Morgan fingerprint density at radius 1 is 0.833 bits per heavy atom. The number of benzene rings is 4. The third-order valence-electron chi connectivity index (χ3n) is 10.8. The number of carbonyl (C=O) groups excluding carboxylic acids is 3. The summed E-state index contributed by atoms with van der Waals surface area (Å²) in [5.74, 6) is 1.03. The first-order valence-corrected chi connectivity index (χ1v) is 18.3. The number of rotatable bonds is 11. The second kappa shape index (κ2) is 14.4. The third-order valence-corrected chi connectivity index (χ3v) is 10.8. The van der Waals surface area contributed by atoms with E-state index >= 15 is 0 Å². The summed E-state index contributed by atoms with van der Waals surface area (Å²) in [6.45, 7) is 4.43. The van der Waals surface area contributed by atoms with Gasteiger partial charge >= 0.3 is 0 Å². The van der Waals surface area contributed by atoms with Gasteiger partial charge in [0.2, 0.25) is 0 Å². The molecule has 0 saturated heterocycles. The van der Waals surface area contributed by atoms with Gasteiger partial charge < -0.3 is 29.2 Å². The van der Waals surface area contributed by atoms with Crippen molar-refractivity contribution in [3.05, 3.63) is 107 Å². The highest BCUT2D eigenvalue weighted by Gasteiger charge is 2.38. The van der Waals surface area contributed by atoms with Gasteiger partial charge in [0, 0.05) is 54.2 Å². The number of anilines is 3. The monoisotopic (exact) mass is 726 g/mol. The number of ether oxygens (including phenoxy) is 4. The minimum absolute atomic E-state index is 0.00283. The van der Waals surface area contributed by atoms with Crippen molar-refractivity contribution in [2.45, 2.75) is 45.2 Å². The lowest BCUT2D eigenvalue weighted by molar-refractivity contribution is -0.117. The molecule has 1 unspecified atom stereocenters.